The van der Waals surface area contributed by atoms with E-state index >= 15 is 0 Å². The molecule has 3 amide bonds. The predicted octanol–water partition coefficient (Wildman–Crippen LogP) is -0.327. The predicted molar refractivity (Wildman–Crippen MR) is 43.3 cm³/mol. The molecule has 2 unspecified atom stereocenters. The molecule has 1 fully saturated rings. The van der Waals surface area contributed by atoms with E-state index in [1.165, 1.54) is 10.6 Å². The molecule has 2 N–H and O–H groups in total. The lowest BCUT2D eigenvalue weighted by atomic mass is 10.1. The van der Waals surface area contributed by atoms with Gasteiger partial charge in [0.25, 0.3) is 0 Å². The first-order chi connectivity index (χ1) is 8.07. The number of hydrogen-bond donors (Lipinski definition) is 2. The van der Waals surface area contributed by atoms with E-state index in [1.54, 1.807) is 0 Å². The summed E-state index contributed by atoms with van der Waals surface area (Å²) in [5, 5.41) is 13.0. The number of urea groups is 1. The molecule has 8 nitrogen and oxygen atoms in total. The Morgan fingerprint density at radius 2 is 2.00 bits per heavy atom. The lowest BCUT2D eigenvalue weighted by Crippen LogP contribution is -2.70. The summed E-state index contributed by atoms with van der Waals surface area (Å²) in [6.07, 6.45) is -7.58. The van der Waals surface area contributed by atoms with Gasteiger partial charge in [-0.1, -0.05) is 0 Å². The van der Waals surface area contributed by atoms with Crippen LogP contribution < -0.4 is 10.6 Å². The minimum Gasteiger partial charge on any atom is -0.339 e. The average Bonchev–Trinajstić information content (AvgIpc) is 2.19. The zero-order valence-electron chi connectivity index (χ0n) is 8.28. The van der Waals surface area contributed by atoms with Gasteiger partial charge in [0.15, 0.2) is 0 Å². The summed E-state index contributed by atoms with van der Waals surface area (Å²) >= 11 is 0. The third-order valence-electron chi connectivity index (χ3n) is 1.83. The van der Waals surface area contributed by atoms with Gasteiger partial charge in [-0.05, 0) is 0 Å². The van der Waals surface area contributed by atoms with Gasteiger partial charge in [-0.2, -0.15) is 17.6 Å². The van der Waals surface area contributed by atoms with E-state index in [0.29, 0.717) is 0 Å². The summed E-state index contributed by atoms with van der Waals surface area (Å²) < 4.78 is 53.0. The van der Waals surface area contributed by atoms with Crippen LogP contribution in [0.5, 0.6) is 0 Å². The molecule has 0 aromatic rings. The second kappa shape index (κ2) is 4.36. The molecule has 0 radical (unpaired) electrons. The number of amides is 3. The first-order valence-corrected chi connectivity index (χ1v) is 4.21. The number of halogens is 4. The van der Waals surface area contributed by atoms with E-state index in [4.69, 9.17) is 0 Å². The van der Waals surface area contributed by atoms with Crippen molar-refractivity contribution in [3.8, 4) is 0 Å². The Kier molecular flexibility index (Phi) is 3.41. The molecule has 2 atom stereocenters. The lowest BCUT2D eigenvalue weighted by molar-refractivity contribution is -0.602. The zero-order valence-corrected chi connectivity index (χ0v) is 8.28. The van der Waals surface area contributed by atoms with Gasteiger partial charge in [-0.3, -0.25) is 20.2 Å². The van der Waals surface area contributed by atoms with Crippen molar-refractivity contribution in [2.75, 3.05) is 6.61 Å². The second-order valence-electron chi connectivity index (χ2n) is 3.16. The van der Waals surface area contributed by atoms with Gasteiger partial charge >= 0.3 is 23.9 Å². The van der Waals surface area contributed by atoms with Gasteiger partial charge in [-0.15, -0.1) is 0 Å². The summed E-state index contributed by atoms with van der Waals surface area (Å²) in [7, 11) is 0. The van der Waals surface area contributed by atoms with E-state index in [9.17, 15) is 37.3 Å². The Morgan fingerprint density at radius 3 is 2.44 bits per heavy atom. The highest BCUT2D eigenvalue weighted by Crippen LogP contribution is 2.24. The standard InChI is InChI=1S/C6H5F4N3O5/c7-5(8,9)1-18-3-6(10,13(16)17)2(14)11-4(15)12-3/h3H,1H2,(H2,11,12,14,15). The number of imide groups is 1. The van der Waals surface area contributed by atoms with Crippen LogP contribution in [0, 0.1) is 10.1 Å². The number of nitrogens with zero attached hydrogens (tertiary/aromatic N) is 1. The minimum absolute atomic E-state index is 1.21. The molecule has 0 aromatic heterocycles. The first kappa shape index (κ1) is 14.1. The highest BCUT2D eigenvalue weighted by Gasteiger charge is 2.64. The third-order valence-corrected chi connectivity index (χ3v) is 1.83. The molecule has 0 spiro atoms. The minimum atomic E-state index is -4.91. The molecule has 18 heavy (non-hydrogen) atoms. The molecule has 0 aromatic carbocycles. The van der Waals surface area contributed by atoms with Crippen LogP contribution in [0.15, 0.2) is 0 Å². The molecule has 0 aliphatic carbocycles. The van der Waals surface area contributed by atoms with Crippen molar-refractivity contribution < 1.29 is 36.8 Å². The van der Waals surface area contributed by atoms with Gasteiger partial charge in [0.05, 0.1) is 4.92 Å². The zero-order chi connectivity index (χ0) is 14.1. The van der Waals surface area contributed by atoms with Gasteiger partial charge in [0.2, 0.25) is 6.23 Å². The van der Waals surface area contributed by atoms with Crippen molar-refractivity contribution in [3.05, 3.63) is 10.1 Å². The summed E-state index contributed by atoms with van der Waals surface area (Å²) in [6.45, 7) is -2.06. The Labute approximate surface area is 95.4 Å². The van der Waals surface area contributed by atoms with Gasteiger partial charge in [0.1, 0.15) is 6.61 Å². The van der Waals surface area contributed by atoms with Crippen LogP contribution in [0.4, 0.5) is 22.4 Å². The van der Waals surface area contributed by atoms with Crippen LogP contribution in [-0.2, 0) is 9.53 Å². The molecule has 12 heteroatoms. The fourth-order valence-corrected chi connectivity index (χ4v) is 1.07. The Hall–Kier alpha value is -1.98. The Balaban J connectivity index is 2.92. The van der Waals surface area contributed by atoms with Crippen molar-refractivity contribution in [2.45, 2.75) is 18.2 Å². The number of rotatable bonds is 3. The fraction of sp³-hybridized carbons (Fsp3) is 0.667. The fourth-order valence-electron chi connectivity index (χ4n) is 1.07. The van der Waals surface area contributed by atoms with Crippen molar-refractivity contribution >= 4 is 11.9 Å². The summed E-state index contributed by atoms with van der Waals surface area (Å²) in [4.78, 5) is 30.3. The molecule has 1 aliphatic heterocycles. The highest BCUT2D eigenvalue weighted by atomic mass is 19.4. The van der Waals surface area contributed by atoms with E-state index in [2.05, 4.69) is 4.74 Å². The smallest absolute Gasteiger partial charge is 0.339 e. The largest absolute Gasteiger partial charge is 0.480 e. The number of hydrogen-bond acceptors (Lipinski definition) is 5. The normalized spacial score (nSPS) is 28.6. The summed E-state index contributed by atoms with van der Waals surface area (Å²) in [5.41, 5.74) is 0. The van der Waals surface area contributed by atoms with E-state index < -0.39 is 41.7 Å². The summed E-state index contributed by atoms with van der Waals surface area (Å²) in [6, 6.07) is -1.40. The number of alkyl halides is 4. The van der Waals surface area contributed by atoms with Gasteiger partial charge in [0, 0.05) is 0 Å². The monoisotopic (exact) mass is 275 g/mol. The van der Waals surface area contributed by atoms with Crippen LogP contribution in [0.25, 0.3) is 0 Å². The molecule has 102 valence electrons. The molecule has 1 heterocycles. The SMILES string of the molecule is O=C1NC(=O)C(F)([N+](=O)[O-])C(OCC(F)(F)F)N1. The topological polar surface area (TPSA) is 111 Å². The van der Waals surface area contributed by atoms with Crippen LogP contribution in [0.2, 0.25) is 0 Å². The van der Waals surface area contributed by atoms with Crippen molar-refractivity contribution in [2.24, 2.45) is 0 Å². The summed E-state index contributed by atoms with van der Waals surface area (Å²) in [5.74, 6) is -6.04. The molecule has 1 aliphatic rings. The van der Waals surface area contributed by atoms with Crippen LogP contribution in [0.1, 0.15) is 0 Å². The van der Waals surface area contributed by atoms with Crippen molar-refractivity contribution in [1.82, 2.24) is 10.6 Å². The third kappa shape index (κ3) is 2.64. The molecule has 1 saturated heterocycles. The maximum Gasteiger partial charge on any atom is 0.480 e. The lowest BCUT2D eigenvalue weighted by Gasteiger charge is -2.29. The average molecular weight is 275 g/mol. The molecule has 0 saturated carbocycles. The number of nitro groups is 1. The van der Waals surface area contributed by atoms with Gasteiger partial charge < -0.3 is 10.1 Å². The molecule has 0 bridgehead atoms. The highest BCUT2D eigenvalue weighted by molar-refractivity contribution is 6.00. The first-order valence-electron chi connectivity index (χ1n) is 4.21. The number of carbonyl (C=O) groups excluding carboxylic acids is 2. The molecular weight excluding hydrogens is 270 g/mol. The molecular formula is C6H5F4N3O5. The number of nitrogens with one attached hydrogen (secondary N) is 2. The number of ether oxygens (including phenoxy) is 1. The van der Waals surface area contributed by atoms with Crippen molar-refractivity contribution in [1.29, 1.82) is 0 Å². The van der Waals surface area contributed by atoms with Gasteiger partial charge in [-0.25, -0.2) is 4.79 Å². The van der Waals surface area contributed by atoms with E-state index in [-0.39, 0.29) is 0 Å². The maximum atomic E-state index is 13.7. The maximum absolute atomic E-state index is 13.7. The Morgan fingerprint density at radius 1 is 1.44 bits per heavy atom. The van der Waals surface area contributed by atoms with Crippen LogP contribution in [0.3, 0.4) is 0 Å². The second-order valence-corrected chi connectivity index (χ2v) is 3.16. The van der Waals surface area contributed by atoms with Crippen LogP contribution >= 0.6 is 0 Å². The molecule has 1 rings (SSSR count). The van der Waals surface area contributed by atoms with E-state index in [1.807, 2.05) is 0 Å². The Bertz CT molecular complexity index is 399. The quantitative estimate of drug-likeness (QED) is 0.317. The van der Waals surface area contributed by atoms with E-state index in [0.717, 1.165) is 0 Å². The number of carbonyl (C=O) groups is 2. The van der Waals surface area contributed by atoms with Crippen LogP contribution in [-0.4, -0.2) is 41.7 Å². The van der Waals surface area contributed by atoms with Crippen molar-refractivity contribution in [3.63, 3.8) is 0 Å².